The van der Waals surface area contributed by atoms with Crippen LogP contribution in [-0.2, 0) is 0 Å². The Morgan fingerprint density at radius 2 is 1.57 bits per heavy atom. The molecule has 1 rings (SSSR count). The van der Waals surface area contributed by atoms with Gasteiger partial charge in [0.15, 0.2) is 0 Å². The van der Waals surface area contributed by atoms with E-state index in [0.717, 1.165) is 12.4 Å². The maximum atomic E-state index is 5.74. The molecule has 0 saturated carbocycles. The first-order valence-corrected chi connectivity index (χ1v) is 9.25. The Kier molecular flexibility index (Phi) is 7.94. The van der Waals surface area contributed by atoms with Crippen molar-refractivity contribution in [2.45, 2.75) is 73.3 Å². The van der Waals surface area contributed by atoms with Crippen LogP contribution < -0.4 is 9.64 Å². The molecule has 0 bridgehead atoms. The average Bonchev–Trinajstić information content (AvgIpc) is 2.45. The molecule has 0 aliphatic carbocycles. The average molecular weight is 320 g/mol. The Morgan fingerprint density at radius 3 is 2.09 bits per heavy atom. The highest BCUT2D eigenvalue weighted by Gasteiger charge is 2.19. The lowest BCUT2D eigenvalue weighted by Gasteiger charge is -2.32. The standard InChI is InChI=1S/C21H37NO/c1-9-23-19-10-11-21(22(8)18(7)13-16(4)5)20(14-19)17(6)12-15(2)3/h10-11,14-18H,9,12-13H2,1-8H3. The van der Waals surface area contributed by atoms with Gasteiger partial charge in [0.2, 0.25) is 0 Å². The molecule has 0 radical (unpaired) electrons. The SMILES string of the molecule is CCOc1ccc(N(C)C(C)CC(C)C)c(C(C)CC(C)C)c1. The highest BCUT2D eigenvalue weighted by atomic mass is 16.5. The largest absolute Gasteiger partial charge is 0.494 e. The summed E-state index contributed by atoms with van der Waals surface area (Å²) in [6.45, 7) is 16.6. The molecule has 1 aromatic carbocycles. The predicted octanol–water partition coefficient (Wildman–Crippen LogP) is 6.11. The molecule has 0 saturated heterocycles. The summed E-state index contributed by atoms with van der Waals surface area (Å²) in [5, 5.41) is 0. The number of hydrogen-bond donors (Lipinski definition) is 0. The Labute approximate surface area is 144 Å². The van der Waals surface area contributed by atoms with E-state index in [1.54, 1.807) is 0 Å². The zero-order valence-corrected chi connectivity index (χ0v) is 16.5. The summed E-state index contributed by atoms with van der Waals surface area (Å²) in [6.07, 6.45) is 2.41. The van der Waals surface area contributed by atoms with Gasteiger partial charge in [0.05, 0.1) is 6.61 Å². The lowest BCUT2D eigenvalue weighted by Crippen LogP contribution is -2.31. The van der Waals surface area contributed by atoms with Gasteiger partial charge in [-0.15, -0.1) is 0 Å². The lowest BCUT2D eigenvalue weighted by molar-refractivity contribution is 0.339. The maximum Gasteiger partial charge on any atom is 0.119 e. The van der Waals surface area contributed by atoms with Crippen molar-refractivity contribution in [1.82, 2.24) is 0 Å². The van der Waals surface area contributed by atoms with Crippen LogP contribution >= 0.6 is 0 Å². The molecule has 132 valence electrons. The molecule has 0 amide bonds. The zero-order chi connectivity index (χ0) is 17.6. The quantitative estimate of drug-likeness (QED) is 0.545. The van der Waals surface area contributed by atoms with Crippen LogP contribution in [-0.4, -0.2) is 19.7 Å². The third-order valence-electron chi connectivity index (χ3n) is 4.52. The van der Waals surface area contributed by atoms with Gasteiger partial charge in [0.25, 0.3) is 0 Å². The van der Waals surface area contributed by atoms with Crippen molar-refractivity contribution in [3.8, 4) is 5.75 Å². The van der Waals surface area contributed by atoms with Crippen molar-refractivity contribution in [1.29, 1.82) is 0 Å². The topological polar surface area (TPSA) is 12.5 Å². The van der Waals surface area contributed by atoms with Crippen molar-refractivity contribution >= 4 is 5.69 Å². The van der Waals surface area contributed by atoms with Gasteiger partial charge in [0, 0.05) is 18.8 Å². The fourth-order valence-corrected chi connectivity index (χ4v) is 3.42. The summed E-state index contributed by atoms with van der Waals surface area (Å²) >= 11 is 0. The number of nitrogens with zero attached hydrogens (tertiary/aromatic N) is 1. The van der Waals surface area contributed by atoms with Gasteiger partial charge in [0.1, 0.15) is 5.75 Å². The van der Waals surface area contributed by atoms with Crippen molar-refractivity contribution < 1.29 is 4.74 Å². The monoisotopic (exact) mass is 319 g/mol. The van der Waals surface area contributed by atoms with Crippen LogP contribution in [0.4, 0.5) is 5.69 Å². The summed E-state index contributed by atoms with van der Waals surface area (Å²) < 4.78 is 5.74. The number of hydrogen-bond acceptors (Lipinski definition) is 2. The first-order valence-electron chi connectivity index (χ1n) is 9.25. The van der Waals surface area contributed by atoms with Gasteiger partial charge in [-0.05, 0) is 68.2 Å². The Morgan fingerprint density at radius 1 is 0.957 bits per heavy atom. The molecule has 0 heterocycles. The van der Waals surface area contributed by atoms with Crippen molar-refractivity contribution in [2.24, 2.45) is 11.8 Å². The molecule has 0 aliphatic rings. The Hall–Kier alpha value is -1.18. The van der Waals surface area contributed by atoms with Crippen molar-refractivity contribution in [3.05, 3.63) is 23.8 Å². The third kappa shape index (κ3) is 6.08. The smallest absolute Gasteiger partial charge is 0.119 e. The van der Waals surface area contributed by atoms with Gasteiger partial charge < -0.3 is 9.64 Å². The zero-order valence-electron chi connectivity index (χ0n) is 16.5. The molecule has 23 heavy (non-hydrogen) atoms. The normalized spacial score (nSPS) is 14.2. The first-order chi connectivity index (χ1) is 10.8. The van der Waals surface area contributed by atoms with Gasteiger partial charge in [-0.1, -0.05) is 34.6 Å². The second kappa shape index (κ2) is 9.20. The van der Waals surface area contributed by atoms with E-state index in [0.29, 0.717) is 23.8 Å². The highest BCUT2D eigenvalue weighted by molar-refractivity contribution is 5.58. The van der Waals surface area contributed by atoms with E-state index < -0.39 is 0 Å². The molecule has 0 N–H and O–H groups in total. The molecular weight excluding hydrogens is 282 g/mol. The maximum absolute atomic E-state index is 5.74. The highest BCUT2D eigenvalue weighted by Crippen LogP contribution is 2.35. The van der Waals surface area contributed by atoms with Crippen molar-refractivity contribution in [3.63, 3.8) is 0 Å². The Bertz CT molecular complexity index is 467. The molecule has 2 unspecified atom stereocenters. The minimum atomic E-state index is 0.540. The van der Waals surface area contributed by atoms with E-state index in [-0.39, 0.29) is 0 Å². The molecular formula is C21H37NO. The molecule has 0 aliphatic heterocycles. The molecule has 0 spiro atoms. The summed E-state index contributed by atoms with van der Waals surface area (Å²) in [6, 6.07) is 7.15. The van der Waals surface area contributed by atoms with Crippen LogP contribution in [0.3, 0.4) is 0 Å². The fourth-order valence-electron chi connectivity index (χ4n) is 3.42. The second-order valence-electron chi connectivity index (χ2n) is 7.77. The lowest BCUT2D eigenvalue weighted by atomic mass is 9.90. The van der Waals surface area contributed by atoms with Crippen LogP contribution in [0, 0.1) is 11.8 Å². The van der Waals surface area contributed by atoms with E-state index >= 15 is 0 Å². The van der Waals surface area contributed by atoms with E-state index in [1.807, 2.05) is 6.92 Å². The fraction of sp³-hybridized carbons (Fsp3) is 0.714. The Balaban J connectivity index is 3.13. The molecule has 0 aromatic heterocycles. The van der Waals surface area contributed by atoms with Crippen LogP contribution in [0.15, 0.2) is 18.2 Å². The van der Waals surface area contributed by atoms with Crippen molar-refractivity contribution in [2.75, 3.05) is 18.6 Å². The molecule has 2 atom stereocenters. The summed E-state index contributed by atoms with van der Waals surface area (Å²) in [7, 11) is 2.23. The van der Waals surface area contributed by atoms with Crippen LogP contribution in [0.2, 0.25) is 0 Å². The van der Waals surface area contributed by atoms with E-state index in [2.05, 4.69) is 71.7 Å². The van der Waals surface area contributed by atoms with Gasteiger partial charge >= 0.3 is 0 Å². The minimum absolute atomic E-state index is 0.540. The third-order valence-corrected chi connectivity index (χ3v) is 4.52. The van der Waals surface area contributed by atoms with Crippen LogP contribution in [0.1, 0.15) is 72.8 Å². The number of ether oxygens (including phenoxy) is 1. The molecule has 2 heteroatoms. The number of benzene rings is 1. The molecule has 0 fully saturated rings. The predicted molar refractivity (Wildman–Crippen MR) is 103 cm³/mol. The molecule has 2 nitrogen and oxygen atoms in total. The van der Waals surface area contributed by atoms with Gasteiger partial charge in [-0.2, -0.15) is 0 Å². The summed E-state index contributed by atoms with van der Waals surface area (Å²) in [4.78, 5) is 2.45. The summed E-state index contributed by atoms with van der Waals surface area (Å²) in [5.74, 6) is 2.95. The van der Waals surface area contributed by atoms with Crippen LogP contribution in [0.5, 0.6) is 5.75 Å². The molecule has 1 aromatic rings. The van der Waals surface area contributed by atoms with Gasteiger partial charge in [-0.3, -0.25) is 0 Å². The van der Waals surface area contributed by atoms with Gasteiger partial charge in [-0.25, -0.2) is 0 Å². The minimum Gasteiger partial charge on any atom is -0.494 e. The van der Waals surface area contributed by atoms with E-state index in [4.69, 9.17) is 4.74 Å². The van der Waals surface area contributed by atoms with E-state index in [1.165, 1.54) is 24.1 Å². The second-order valence-corrected chi connectivity index (χ2v) is 7.77. The summed E-state index contributed by atoms with van der Waals surface area (Å²) in [5.41, 5.74) is 2.78. The number of anilines is 1. The van der Waals surface area contributed by atoms with Crippen LogP contribution in [0.25, 0.3) is 0 Å². The number of rotatable bonds is 9. The first kappa shape index (κ1) is 19.9. The van der Waals surface area contributed by atoms with E-state index in [9.17, 15) is 0 Å².